The molecule has 0 bridgehead atoms. The van der Waals surface area contributed by atoms with Crippen LogP contribution in [0.25, 0.3) is 0 Å². The highest BCUT2D eigenvalue weighted by atomic mass is 19.4. The maximum atomic E-state index is 15.0. The third-order valence-corrected chi connectivity index (χ3v) is 18.0. The maximum Gasteiger partial charge on any atom is 0.456 e. The van der Waals surface area contributed by atoms with E-state index in [1.54, 1.807) is 25.1 Å². The summed E-state index contributed by atoms with van der Waals surface area (Å²) in [4.78, 5) is 48.0. The van der Waals surface area contributed by atoms with Gasteiger partial charge >= 0.3 is 12.1 Å². The van der Waals surface area contributed by atoms with Crippen molar-refractivity contribution in [1.29, 1.82) is 0 Å². The molecule has 0 saturated heterocycles. The van der Waals surface area contributed by atoms with Crippen molar-refractivity contribution in [2.24, 2.45) is 51.8 Å². The van der Waals surface area contributed by atoms with Gasteiger partial charge in [-0.1, -0.05) is 56.2 Å². The van der Waals surface area contributed by atoms with Crippen LogP contribution in [-0.4, -0.2) is 57.7 Å². The Bertz CT molecular complexity index is 2060. The Morgan fingerprint density at radius 3 is 2.12 bits per heavy atom. The largest absolute Gasteiger partial charge is 0.456 e. The number of ketones is 4. The topological polar surface area (TPSA) is 109 Å². The van der Waals surface area contributed by atoms with Crippen molar-refractivity contribution >= 4 is 23.1 Å². The summed E-state index contributed by atoms with van der Waals surface area (Å²) in [6.07, 6.45) is 7.78. The smallest absolute Gasteiger partial charge is 0.388 e. The van der Waals surface area contributed by atoms with Crippen LogP contribution in [-0.2, 0) is 14.4 Å². The number of aliphatic hydroxyl groups excluding tert-OH is 1. The minimum Gasteiger partial charge on any atom is -0.388 e. The summed E-state index contributed by atoms with van der Waals surface area (Å²) in [6.45, 7) is 7.34. The highest BCUT2D eigenvalue weighted by Crippen LogP contribution is 2.71. The molecule has 2 N–H and O–H groups in total. The molecule has 8 aliphatic carbocycles. The van der Waals surface area contributed by atoms with E-state index in [2.05, 4.69) is 13.8 Å². The second-order valence-corrected chi connectivity index (χ2v) is 20.4. The van der Waals surface area contributed by atoms with Gasteiger partial charge in [-0.3, -0.25) is 19.2 Å². The molecular formula is C49H59F5O6. The molecule has 11 heteroatoms. The van der Waals surface area contributed by atoms with Crippen LogP contribution < -0.4 is 0 Å². The Morgan fingerprint density at radius 2 is 1.45 bits per heavy atom. The number of benzene rings is 1. The standard InChI is InChI=1S/C28H29F5O4.C21H30O2/c1-25-13-21(15-2-4-16(5-3-15)23(36)14-34)24-19-9-7-18(35)12-17(19)6-8-20(24)22(25)10-11-26(25,37)27(29,30)28(31,32)33;1-13(22)17-6-7-18-16-5-4-14-12-15(23)8-10-20(14,2)19(16)9-11-21(17,18)3/h2-5,12,20-22,34,37H,6-11,13-14H2,1H3;12,16-19H,4-11H2,1-3H3/t20-,21+,22-,25-,26-;16-,17+,18-,19-,20-,21+/m00/s1. The first-order chi connectivity index (χ1) is 28.1. The Morgan fingerprint density at radius 1 is 0.767 bits per heavy atom. The van der Waals surface area contributed by atoms with E-state index in [1.807, 2.05) is 6.08 Å². The Balaban J connectivity index is 0.000000185. The van der Waals surface area contributed by atoms with E-state index >= 15 is 0 Å². The summed E-state index contributed by atoms with van der Waals surface area (Å²) >= 11 is 0. The maximum absolute atomic E-state index is 15.0. The van der Waals surface area contributed by atoms with Gasteiger partial charge in [0.25, 0.3) is 0 Å². The van der Waals surface area contributed by atoms with Gasteiger partial charge in [0, 0.05) is 35.7 Å². The Labute approximate surface area is 349 Å². The number of allylic oxidation sites excluding steroid dienone is 5. The van der Waals surface area contributed by atoms with E-state index in [1.165, 1.54) is 50.3 Å². The van der Waals surface area contributed by atoms with Gasteiger partial charge in [-0.15, -0.1) is 0 Å². The van der Waals surface area contributed by atoms with Crippen molar-refractivity contribution in [2.45, 2.75) is 148 Å². The zero-order valence-corrected chi connectivity index (χ0v) is 35.2. The van der Waals surface area contributed by atoms with Crippen LogP contribution in [0.1, 0.15) is 146 Å². The fourth-order valence-electron chi connectivity index (χ4n) is 14.9. The number of Topliss-reactive ketones (excluding diaryl/α,β-unsaturated/α-hetero) is 2. The fourth-order valence-corrected chi connectivity index (χ4v) is 14.9. The highest BCUT2D eigenvalue weighted by molar-refractivity contribution is 5.97. The van der Waals surface area contributed by atoms with E-state index in [4.69, 9.17) is 5.11 Å². The molecule has 9 rings (SSSR count). The summed E-state index contributed by atoms with van der Waals surface area (Å²) in [5, 5.41) is 20.4. The number of aliphatic hydroxyl groups is 2. The van der Waals surface area contributed by atoms with Crippen molar-refractivity contribution in [3.05, 3.63) is 69.8 Å². The van der Waals surface area contributed by atoms with Crippen molar-refractivity contribution in [3.8, 4) is 0 Å². The first kappa shape index (κ1) is 43.3. The molecule has 11 atom stereocenters. The third-order valence-electron chi connectivity index (χ3n) is 18.0. The van der Waals surface area contributed by atoms with E-state index in [9.17, 15) is 46.2 Å². The van der Waals surface area contributed by atoms with Gasteiger partial charge in [0.1, 0.15) is 18.0 Å². The van der Waals surface area contributed by atoms with Crippen LogP contribution in [0.2, 0.25) is 0 Å². The molecule has 0 aromatic heterocycles. The molecule has 0 amide bonds. The molecule has 0 heterocycles. The van der Waals surface area contributed by atoms with Gasteiger partial charge in [0.2, 0.25) is 0 Å². The fraction of sp³-hybridized carbons (Fsp3) is 0.673. The quantitative estimate of drug-likeness (QED) is 0.226. The number of carbonyl (C=O) groups excluding carboxylic acids is 4. The van der Waals surface area contributed by atoms with Crippen molar-refractivity contribution in [1.82, 2.24) is 0 Å². The van der Waals surface area contributed by atoms with Gasteiger partial charge in [-0.25, -0.2) is 0 Å². The molecule has 0 spiro atoms. The molecule has 5 saturated carbocycles. The van der Waals surface area contributed by atoms with Crippen LogP contribution in [0.4, 0.5) is 22.0 Å². The molecule has 8 aliphatic rings. The SMILES string of the molecule is CC(=O)[C@H]1CC[C@H]2[C@@H]3CCC4=CC(=O)CC[C@]4(C)[C@H]3CC[C@]12C.C[C@]12C[C@H](c3ccc(C(=O)CO)cc3)C3=C4CCC(=O)C=C4CC[C@H]3[C@@H]1CC[C@@]2(O)C(F)(F)C(F)(F)F. The number of halogens is 5. The zero-order chi connectivity index (χ0) is 43.4. The lowest BCUT2D eigenvalue weighted by molar-refractivity contribution is -0.362. The van der Waals surface area contributed by atoms with E-state index in [-0.39, 0.29) is 40.9 Å². The number of alkyl halides is 5. The summed E-state index contributed by atoms with van der Waals surface area (Å²) in [5.41, 5.74) is 0.709. The summed E-state index contributed by atoms with van der Waals surface area (Å²) < 4.78 is 70.8. The number of hydrogen-bond acceptors (Lipinski definition) is 6. The Kier molecular flexibility index (Phi) is 10.8. The number of carbonyl (C=O) groups is 4. The number of fused-ring (bicyclic) bond motifs is 9. The van der Waals surface area contributed by atoms with E-state index < -0.39 is 53.8 Å². The lowest BCUT2D eigenvalue weighted by atomic mass is 9.47. The van der Waals surface area contributed by atoms with Gasteiger partial charge in [-0.2, -0.15) is 22.0 Å². The molecule has 6 nitrogen and oxygen atoms in total. The monoisotopic (exact) mass is 838 g/mol. The van der Waals surface area contributed by atoms with Crippen LogP contribution in [0.3, 0.4) is 0 Å². The normalized spacial score (nSPS) is 39.8. The third kappa shape index (κ3) is 6.42. The first-order valence-corrected chi connectivity index (χ1v) is 22.2. The van der Waals surface area contributed by atoms with Crippen LogP contribution >= 0.6 is 0 Å². The minimum absolute atomic E-state index is 0.0157. The van der Waals surface area contributed by atoms with Gasteiger partial charge < -0.3 is 10.2 Å². The molecule has 326 valence electrons. The average Bonchev–Trinajstić information content (AvgIpc) is 3.71. The zero-order valence-electron chi connectivity index (χ0n) is 35.2. The molecule has 5 fully saturated rings. The summed E-state index contributed by atoms with van der Waals surface area (Å²) in [5.74, 6) is -3.91. The molecule has 0 aliphatic heterocycles. The Hall–Kier alpha value is -3.31. The van der Waals surface area contributed by atoms with Crippen molar-refractivity contribution < 1.29 is 51.3 Å². The predicted molar refractivity (Wildman–Crippen MR) is 215 cm³/mol. The second kappa shape index (κ2) is 14.9. The number of hydrogen-bond donors (Lipinski definition) is 2. The van der Waals surface area contributed by atoms with Gasteiger partial charge in [0.15, 0.2) is 17.3 Å². The van der Waals surface area contributed by atoms with E-state index in [0.717, 1.165) is 60.2 Å². The van der Waals surface area contributed by atoms with Crippen molar-refractivity contribution in [3.63, 3.8) is 0 Å². The van der Waals surface area contributed by atoms with Crippen LogP contribution in [0, 0.1) is 51.8 Å². The van der Waals surface area contributed by atoms with E-state index in [0.29, 0.717) is 48.7 Å². The lowest BCUT2D eigenvalue weighted by Gasteiger charge is -2.58. The van der Waals surface area contributed by atoms with Gasteiger partial charge in [0.05, 0.1) is 0 Å². The van der Waals surface area contributed by atoms with Gasteiger partial charge in [-0.05, 0) is 160 Å². The van der Waals surface area contributed by atoms with Crippen LogP contribution in [0.5, 0.6) is 0 Å². The van der Waals surface area contributed by atoms with Crippen molar-refractivity contribution in [2.75, 3.05) is 6.61 Å². The molecule has 60 heavy (non-hydrogen) atoms. The summed E-state index contributed by atoms with van der Waals surface area (Å²) in [7, 11) is 0. The number of rotatable bonds is 5. The molecule has 1 aromatic rings. The molecular weight excluding hydrogens is 780 g/mol. The average molecular weight is 839 g/mol. The van der Waals surface area contributed by atoms with Crippen LogP contribution in [0.15, 0.2) is 58.7 Å². The molecule has 0 radical (unpaired) electrons. The summed E-state index contributed by atoms with van der Waals surface area (Å²) in [6, 6.07) is 6.31. The molecule has 0 unspecified atom stereocenters. The highest BCUT2D eigenvalue weighted by Gasteiger charge is 2.79. The molecule has 1 aromatic carbocycles. The lowest BCUT2D eigenvalue weighted by Crippen LogP contribution is -2.65. The predicted octanol–water partition coefficient (Wildman–Crippen LogP) is 10.4. The second-order valence-electron chi connectivity index (χ2n) is 20.4. The minimum atomic E-state index is -5.90. The first-order valence-electron chi connectivity index (χ1n) is 22.2.